The SMILES string of the molecule is C[C@H](NC(=O)c1cnn2ccc(C#Cc3ccc(N)nc3)cc12)c1cccc(F)c1. The lowest BCUT2D eigenvalue weighted by atomic mass is 10.1. The van der Waals surface area contributed by atoms with Crippen molar-refractivity contribution in [3.05, 3.63) is 95.2 Å². The summed E-state index contributed by atoms with van der Waals surface area (Å²) in [6, 6.07) is 12.9. The van der Waals surface area contributed by atoms with Gasteiger partial charge in [-0.15, -0.1) is 0 Å². The van der Waals surface area contributed by atoms with Gasteiger partial charge in [0, 0.05) is 23.5 Å². The van der Waals surface area contributed by atoms with Crippen molar-refractivity contribution in [1.29, 1.82) is 0 Å². The van der Waals surface area contributed by atoms with Gasteiger partial charge in [-0.05, 0) is 48.9 Å². The van der Waals surface area contributed by atoms with Crippen LogP contribution in [-0.4, -0.2) is 20.5 Å². The molecule has 0 saturated heterocycles. The number of carbonyl (C=O) groups is 1. The van der Waals surface area contributed by atoms with E-state index in [0.29, 0.717) is 22.5 Å². The number of anilines is 1. The van der Waals surface area contributed by atoms with E-state index in [1.807, 2.05) is 6.07 Å². The van der Waals surface area contributed by atoms with Crippen LogP contribution in [0.4, 0.5) is 10.2 Å². The predicted molar refractivity (Wildman–Crippen MR) is 112 cm³/mol. The highest BCUT2D eigenvalue weighted by atomic mass is 19.1. The lowest BCUT2D eigenvalue weighted by molar-refractivity contribution is 0.0941. The first kappa shape index (κ1) is 19.2. The molecule has 1 amide bonds. The molecule has 0 aliphatic carbocycles. The number of hydrogen-bond donors (Lipinski definition) is 2. The fraction of sp³-hybridized carbons (Fsp3) is 0.0870. The molecule has 3 heterocycles. The average Bonchev–Trinajstić information content (AvgIpc) is 3.16. The average molecular weight is 399 g/mol. The number of hydrogen-bond acceptors (Lipinski definition) is 4. The number of fused-ring (bicyclic) bond motifs is 1. The van der Waals surface area contributed by atoms with Crippen molar-refractivity contribution in [1.82, 2.24) is 19.9 Å². The highest BCUT2D eigenvalue weighted by molar-refractivity contribution is 6.00. The summed E-state index contributed by atoms with van der Waals surface area (Å²) >= 11 is 0. The van der Waals surface area contributed by atoms with Crippen LogP contribution in [0.2, 0.25) is 0 Å². The van der Waals surface area contributed by atoms with Gasteiger partial charge < -0.3 is 11.1 Å². The number of pyridine rings is 2. The maximum absolute atomic E-state index is 13.5. The van der Waals surface area contributed by atoms with Gasteiger partial charge >= 0.3 is 0 Å². The fourth-order valence-corrected chi connectivity index (χ4v) is 2.99. The zero-order valence-electron chi connectivity index (χ0n) is 16.1. The molecule has 1 atom stereocenters. The van der Waals surface area contributed by atoms with Gasteiger partial charge in [0.15, 0.2) is 0 Å². The van der Waals surface area contributed by atoms with Crippen molar-refractivity contribution < 1.29 is 9.18 Å². The number of rotatable bonds is 3. The van der Waals surface area contributed by atoms with E-state index in [1.54, 1.807) is 54.2 Å². The summed E-state index contributed by atoms with van der Waals surface area (Å²) in [4.78, 5) is 16.8. The van der Waals surface area contributed by atoms with Crippen molar-refractivity contribution in [2.24, 2.45) is 0 Å². The molecule has 0 fully saturated rings. The Balaban J connectivity index is 1.58. The first-order valence-corrected chi connectivity index (χ1v) is 9.27. The van der Waals surface area contributed by atoms with Crippen LogP contribution in [-0.2, 0) is 0 Å². The third-order valence-electron chi connectivity index (χ3n) is 4.60. The molecule has 4 rings (SSSR count). The van der Waals surface area contributed by atoms with Crippen LogP contribution < -0.4 is 11.1 Å². The van der Waals surface area contributed by atoms with Crippen molar-refractivity contribution in [3.63, 3.8) is 0 Å². The zero-order chi connectivity index (χ0) is 21.1. The predicted octanol–water partition coefficient (Wildman–Crippen LogP) is 3.34. The van der Waals surface area contributed by atoms with Crippen LogP contribution >= 0.6 is 0 Å². The van der Waals surface area contributed by atoms with Gasteiger partial charge in [0.25, 0.3) is 5.91 Å². The first-order valence-electron chi connectivity index (χ1n) is 9.27. The number of halogens is 1. The molecule has 3 N–H and O–H groups in total. The maximum Gasteiger partial charge on any atom is 0.255 e. The van der Waals surface area contributed by atoms with Crippen LogP contribution in [0.25, 0.3) is 5.52 Å². The maximum atomic E-state index is 13.5. The Bertz CT molecular complexity index is 1280. The summed E-state index contributed by atoms with van der Waals surface area (Å²) in [6.07, 6.45) is 4.85. The lowest BCUT2D eigenvalue weighted by Crippen LogP contribution is -2.26. The Morgan fingerprint density at radius 2 is 1.97 bits per heavy atom. The Kier molecular flexibility index (Phi) is 5.14. The molecule has 4 aromatic rings. The van der Waals surface area contributed by atoms with Crippen LogP contribution in [0.3, 0.4) is 0 Å². The number of nitrogens with zero attached hydrogens (tertiary/aromatic N) is 3. The molecule has 0 radical (unpaired) electrons. The summed E-state index contributed by atoms with van der Waals surface area (Å²) in [5, 5.41) is 7.11. The van der Waals surface area contributed by atoms with E-state index in [2.05, 4.69) is 27.2 Å². The van der Waals surface area contributed by atoms with Crippen molar-refractivity contribution in [3.8, 4) is 11.8 Å². The van der Waals surface area contributed by atoms with Gasteiger partial charge in [-0.2, -0.15) is 5.10 Å². The number of nitrogens with two attached hydrogens (primary N) is 1. The van der Waals surface area contributed by atoms with Crippen LogP contribution in [0, 0.1) is 17.7 Å². The number of aromatic nitrogens is 3. The molecule has 0 saturated carbocycles. The Labute approximate surface area is 172 Å². The molecular formula is C23H18FN5O. The molecule has 1 aromatic carbocycles. The summed E-state index contributed by atoms with van der Waals surface area (Å²) in [6.45, 7) is 1.80. The van der Waals surface area contributed by atoms with Crippen LogP contribution in [0.15, 0.2) is 67.1 Å². The Morgan fingerprint density at radius 1 is 1.13 bits per heavy atom. The summed E-state index contributed by atoms with van der Waals surface area (Å²) in [5.74, 6) is 5.87. The van der Waals surface area contributed by atoms with E-state index in [-0.39, 0.29) is 17.8 Å². The van der Waals surface area contributed by atoms with Gasteiger partial charge in [-0.25, -0.2) is 13.9 Å². The topological polar surface area (TPSA) is 85.3 Å². The van der Waals surface area contributed by atoms with Gasteiger partial charge in [0.2, 0.25) is 0 Å². The largest absolute Gasteiger partial charge is 0.384 e. The summed E-state index contributed by atoms with van der Waals surface area (Å²) in [5.41, 5.74) is 8.77. The van der Waals surface area contributed by atoms with E-state index in [4.69, 9.17) is 5.73 Å². The van der Waals surface area contributed by atoms with Crippen molar-refractivity contribution in [2.75, 3.05) is 5.73 Å². The Morgan fingerprint density at radius 3 is 2.73 bits per heavy atom. The smallest absolute Gasteiger partial charge is 0.255 e. The lowest BCUT2D eigenvalue weighted by Gasteiger charge is -2.14. The minimum Gasteiger partial charge on any atom is -0.384 e. The number of carbonyl (C=O) groups excluding carboxylic acids is 1. The monoisotopic (exact) mass is 399 g/mol. The molecule has 0 aliphatic heterocycles. The first-order chi connectivity index (χ1) is 14.5. The van der Waals surface area contributed by atoms with E-state index in [1.165, 1.54) is 18.3 Å². The van der Waals surface area contributed by atoms with Gasteiger partial charge in [-0.3, -0.25) is 4.79 Å². The van der Waals surface area contributed by atoms with E-state index in [0.717, 1.165) is 11.1 Å². The summed E-state index contributed by atoms with van der Waals surface area (Å²) < 4.78 is 15.1. The molecule has 0 unspecified atom stereocenters. The van der Waals surface area contributed by atoms with Crippen molar-refractivity contribution >= 4 is 17.2 Å². The Hall–Kier alpha value is -4.18. The molecule has 30 heavy (non-hydrogen) atoms. The molecule has 6 nitrogen and oxygen atoms in total. The molecular weight excluding hydrogens is 381 g/mol. The molecule has 3 aromatic heterocycles. The number of nitrogen functional groups attached to an aromatic ring is 1. The fourth-order valence-electron chi connectivity index (χ4n) is 2.99. The van der Waals surface area contributed by atoms with Gasteiger partial charge in [0.05, 0.1) is 23.3 Å². The highest BCUT2D eigenvalue weighted by Gasteiger charge is 2.16. The molecule has 0 aliphatic rings. The number of amides is 1. The zero-order valence-corrected chi connectivity index (χ0v) is 16.1. The molecule has 0 bridgehead atoms. The van der Waals surface area contributed by atoms with Crippen molar-refractivity contribution in [2.45, 2.75) is 13.0 Å². The third kappa shape index (κ3) is 4.13. The van der Waals surface area contributed by atoms with Crippen LogP contribution in [0.5, 0.6) is 0 Å². The quantitative estimate of drug-likeness (QED) is 0.518. The third-order valence-corrected chi connectivity index (χ3v) is 4.60. The number of benzene rings is 1. The molecule has 0 spiro atoms. The minimum atomic E-state index is -0.357. The van der Waals surface area contributed by atoms with Gasteiger partial charge in [-0.1, -0.05) is 24.0 Å². The number of nitrogens with one attached hydrogen (secondary N) is 1. The normalized spacial score (nSPS) is 11.5. The minimum absolute atomic E-state index is 0.297. The van der Waals surface area contributed by atoms with E-state index < -0.39 is 0 Å². The standard InChI is InChI=1S/C23H18FN5O/c1-15(18-3-2-4-19(24)12-18)28-23(30)20-14-27-29-10-9-16(11-21(20)29)5-6-17-7-8-22(25)26-13-17/h2-4,7-15H,1H3,(H2,25,26)(H,28,30)/t15-/m0/s1. The second-order valence-corrected chi connectivity index (χ2v) is 6.78. The van der Waals surface area contributed by atoms with E-state index >= 15 is 0 Å². The summed E-state index contributed by atoms with van der Waals surface area (Å²) in [7, 11) is 0. The van der Waals surface area contributed by atoms with E-state index in [9.17, 15) is 9.18 Å². The van der Waals surface area contributed by atoms with Gasteiger partial charge in [0.1, 0.15) is 11.6 Å². The molecule has 148 valence electrons. The highest BCUT2D eigenvalue weighted by Crippen LogP contribution is 2.17. The van der Waals surface area contributed by atoms with Crippen LogP contribution in [0.1, 0.15) is 40.0 Å². The second kappa shape index (κ2) is 8.05. The molecule has 7 heteroatoms. The second-order valence-electron chi connectivity index (χ2n) is 6.78.